The normalized spacial score (nSPS) is 10.9. The number of carbonyl (C=O) groups excluding carboxylic acids is 1. The van der Waals surface area contributed by atoms with Crippen LogP contribution in [0.1, 0.15) is 35.8 Å². The van der Waals surface area contributed by atoms with E-state index in [4.69, 9.17) is 0 Å². The molecule has 0 atom stereocenters. The number of carbonyl (C=O) groups is 1. The number of benzene rings is 2. The second-order valence-corrected chi connectivity index (χ2v) is 6.99. The van der Waals surface area contributed by atoms with E-state index in [-0.39, 0.29) is 11.6 Å². The van der Waals surface area contributed by atoms with Gasteiger partial charge in [-0.1, -0.05) is 50.2 Å². The highest BCUT2D eigenvalue weighted by molar-refractivity contribution is 6.07. The molecule has 0 radical (unpaired) electrons. The average Bonchev–Trinajstić information content (AvgIpc) is 2.74. The van der Waals surface area contributed by atoms with E-state index in [0.717, 1.165) is 16.6 Å². The van der Waals surface area contributed by atoms with Crippen LogP contribution in [0.25, 0.3) is 10.9 Å². The molecule has 0 aliphatic rings. The molecule has 0 spiro atoms. The van der Waals surface area contributed by atoms with Gasteiger partial charge < -0.3 is 10.6 Å². The summed E-state index contributed by atoms with van der Waals surface area (Å²) in [7, 11) is 0. The number of para-hydroxylation sites is 2. The molecule has 1 amide bonds. The van der Waals surface area contributed by atoms with Crippen LogP contribution in [0.2, 0.25) is 0 Å². The summed E-state index contributed by atoms with van der Waals surface area (Å²) in [4.78, 5) is 25.5. The Balaban J connectivity index is 1.58. The van der Waals surface area contributed by atoms with E-state index in [2.05, 4.69) is 45.5 Å². The molecular formula is C23H21N5O. The van der Waals surface area contributed by atoms with Gasteiger partial charge in [0.2, 0.25) is 0 Å². The van der Waals surface area contributed by atoms with Gasteiger partial charge in [0, 0.05) is 23.3 Å². The van der Waals surface area contributed by atoms with Crippen LogP contribution in [-0.4, -0.2) is 20.9 Å². The summed E-state index contributed by atoms with van der Waals surface area (Å²) in [6.45, 7) is 4.27. The Bertz CT molecular complexity index is 1170. The van der Waals surface area contributed by atoms with Crippen LogP contribution < -0.4 is 10.6 Å². The van der Waals surface area contributed by atoms with Crippen molar-refractivity contribution >= 4 is 34.0 Å². The first kappa shape index (κ1) is 18.6. The Morgan fingerprint density at radius 3 is 2.55 bits per heavy atom. The Morgan fingerprint density at radius 2 is 1.69 bits per heavy atom. The molecule has 2 aromatic carbocycles. The number of hydrogen-bond acceptors (Lipinski definition) is 5. The van der Waals surface area contributed by atoms with Crippen LogP contribution in [0.15, 0.2) is 73.2 Å². The van der Waals surface area contributed by atoms with Crippen molar-refractivity contribution in [2.45, 2.75) is 19.8 Å². The van der Waals surface area contributed by atoms with E-state index in [1.54, 1.807) is 12.3 Å². The second kappa shape index (κ2) is 8.06. The van der Waals surface area contributed by atoms with Crippen molar-refractivity contribution in [2.75, 3.05) is 10.6 Å². The topological polar surface area (TPSA) is 79.8 Å². The summed E-state index contributed by atoms with van der Waals surface area (Å²) in [6.07, 6.45) is 3.09. The molecule has 2 N–H and O–H groups in total. The molecule has 2 heterocycles. The van der Waals surface area contributed by atoms with Gasteiger partial charge in [-0.3, -0.25) is 9.78 Å². The maximum absolute atomic E-state index is 12.8. The predicted molar refractivity (Wildman–Crippen MR) is 116 cm³/mol. The summed E-state index contributed by atoms with van der Waals surface area (Å²) >= 11 is 0. The Morgan fingerprint density at radius 1 is 0.897 bits per heavy atom. The van der Waals surface area contributed by atoms with Gasteiger partial charge in [0.15, 0.2) is 0 Å². The molecule has 144 valence electrons. The van der Waals surface area contributed by atoms with E-state index < -0.39 is 0 Å². The van der Waals surface area contributed by atoms with E-state index >= 15 is 0 Å². The van der Waals surface area contributed by atoms with E-state index in [0.29, 0.717) is 17.4 Å². The molecule has 2 aromatic heterocycles. The number of aromatic nitrogens is 3. The fourth-order valence-electron chi connectivity index (χ4n) is 3.19. The minimum Gasteiger partial charge on any atom is -0.340 e. The average molecular weight is 383 g/mol. The lowest BCUT2D eigenvalue weighted by Crippen LogP contribution is -2.15. The zero-order valence-corrected chi connectivity index (χ0v) is 16.3. The Kier molecular flexibility index (Phi) is 5.16. The fourth-order valence-corrected chi connectivity index (χ4v) is 3.19. The van der Waals surface area contributed by atoms with Crippen LogP contribution in [0, 0.1) is 0 Å². The second-order valence-electron chi connectivity index (χ2n) is 6.99. The van der Waals surface area contributed by atoms with Gasteiger partial charge in [-0.15, -0.1) is 0 Å². The van der Waals surface area contributed by atoms with Crippen molar-refractivity contribution in [3.8, 4) is 0 Å². The number of fused-ring (bicyclic) bond motifs is 1. The smallest absolute Gasteiger partial charge is 0.274 e. The zero-order valence-electron chi connectivity index (χ0n) is 16.3. The summed E-state index contributed by atoms with van der Waals surface area (Å²) in [5.41, 5.74) is 3.80. The van der Waals surface area contributed by atoms with Crippen LogP contribution in [0.4, 0.5) is 17.2 Å². The predicted octanol–water partition coefficient (Wildman–Crippen LogP) is 5.14. The molecule has 0 unspecified atom stereocenters. The SMILES string of the molecule is CC(C)c1ccccc1Nc1cc(C(=O)Nc2cccc3cccnc23)ncn1. The van der Waals surface area contributed by atoms with Gasteiger partial charge in [0.25, 0.3) is 5.91 Å². The Labute approximate surface area is 169 Å². The van der Waals surface area contributed by atoms with Crippen molar-refractivity contribution in [2.24, 2.45) is 0 Å². The minimum absolute atomic E-state index is 0.275. The third kappa shape index (κ3) is 4.06. The van der Waals surface area contributed by atoms with E-state index in [1.165, 1.54) is 11.9 Å². The van der Waals surface area contributed by atoms with Crippen molar-refractivity contribution in [3.05, 3.63) is 84.4 Å². The summed E-state index contributed by atoms with van der Waals surface area (Å²) in [5, 5.41) is 7.16. The number of rotatable bonds is 5. The fraction of sp³-hybridized carbons (Fsp3) is 0.130. The van der Waals surface area contributed by atoms with Gasteiger partial charge in [0.05, 0.1) is 11.2 Å². The highest BCUT2D eigenvalue weighted by atomic mass is 16.1. The first-order valence-corrected chi connectivity index (χ1v) is 9.45. The van der Waals surface area contributed by atoms with E-state index in [1.807, 2.05) is 48.5 Å². The number of hydrogen-bond donors (Lipinski definition) is 2. The molecule has 0 bridgehead atoms. The number of nitrogens with one attached hydrogen (secondary N) is 2. The maximum Gasteiger partial charge on any atom is 0.274 e. The van der Waals surface area contributed by atoms with Crippen LogP contribution >= 0.6 is 0 Å². The molecule has 0 aliphatic carbocycles. The van der Waals surface area contributed by atoms with Crippen molar-refractivity contribution in [3.63, 3.8) is 0 Å². The standard InChI is InChI=1S/C23H21N5O/c1-15(2)17-9-3-4-10-18(17)27-21-13-20(25-14-26-21)23(29)28-19-11-5-7-16-8-6-12-24-22(16)19/h3-15H,1-2H3,(H,28,29)(H,25,26,27). The van der Waals surface area contributed by atoms with Gasteiger partial charge >= 0.3 is 0 Å². The lowest BCUT2D eigenvalue weighted by molar-refractivity contribution is 0.102. The molecule has 0 saturated carbocycles. The summed E-state index contributed by atoms with van der Waals surface area (Å²) in [6, 6.07) is 19.2. The first-order chi connectivity index (χ1) is 14.1. The third-order valence-electron chi connectivity index (χ3n) is 4.63. The maximum atomic E-state index is 12.8. The van der Waals surface area contributed by atoms with Crippen molar-refractivity contribution in [1.82, 2.24) is 15.0 Å². The van der Waals surface area contributed by atoms with Crippen LogP contribution in [-0.2, 0) is 0 Å². The lowest BCUT2D eigenvalue weighted by Gasteiger charge is -2.14. The minimum atomic E-state index is -0.314. The van der Waals surface area contributed by atoms with Gasteiger partial charge in [-0.25, -0.2) is 9.97 Å². The first-order valence-electron chi connectivity index (χ1n) is 9.45. The lowest BCUT2D eigenvalue weighted by atomic mass is 10.0. The number of amides is 1. The monoisotopic (exact) mass is 383 g/mol. The van der Waals surface area contributed by atoms with Gasteiger partial charge in [-0.05, 0) is 29.7 Å². The molecule has 29 heavy (non-hydrogen) atoms. The Hall–Kier alpha value is -3.80. The highest BCUT2D eigenvalue weighted by Gasteiger charge is 2.13. The third-order valence-corrected chi connectivity index (χ3v) is 4.63. The number of nitrogens with zero attached hydrogens (tertiary/aromatic N) is 3. The van der Waals surface area contributed by atoms with Crippen molar-refractivity contribution < 1.29 is 4.79 Å². The molecule has 6 heteroatoms. The molecule has 6 nitrogen and oxygen atoms in total. The van der Waals surface area contributed by atoms with Crippen LogP contribution in [0.3, 0.4) is 0 Å². The molecule has 0 saturated heterocycles. The molecule has 0 aliphatic heterocycles. The highest BCUT2D eigenvalue weighted by Crippen LogP contribution is 2.26. The molecule has 4 aromatic rings. The number of pyridine rings is 1. The van der Waals surface area contributed by atoms with Crippen LogP contribution in [0.5, 0.6) is 0 Å². The van der Waals surface area contributed by atoms with Gasteiger partial charge in [0.1, 0.15) is 17.8 Å². The molecule has 4 rings (SSSR count). The largest absolute Gasteiger partial charge is 0.340 e. The van der Waals surface area contributed by atoms with E-state index in [9.17, 15) is 4.79 Å². The quantitative estimate of drug-likeness (QED) is 0.498. The van der Waals surface area contributed by atoms with Crippen molar-refractivity contribution in [1.29, 1.82) is 0 Å². The molecular weight excluding hydrogens is 362 g/mol. The zero-order chi connectivity index (χ0) is 20.2. The molecule has 0 fully saturated rings. The number of anilines is 3. The summed E-state index contributed by atoms with van der Waals surface area (Å²) < 4.78 is 0. The summed E-state index contributed by atoms with van der Waals surface area (Å²) in [5.74, 6) is 0.613. The van der Waals surface area contributed by atoms with Gasteiger partial charge in [-0.2, -0.15) is 0 Å².